The summed E-state index contributed by atoms with van der Waals surface area (Å²) in [6.45, 7) is 0. The Morgan fingerprint density at radius 2 is 0.867 bits per heavy atom. The summed E-state index contributed by atoms with van der Waals surface area (Å²) in [6, 6.07) is 17.5. The Labute approximate surface area is 183 Å². The van der Waals surface area contributed by atoms with E-state index in [2.05, 4.69) is 48.5 Å². The van der Waals surface area contributed by atoms with Crippen molar-refractivity contribution in [2.45, 2.75) is 76.0 Å². The maximum absolute atomic E-state index is 5.30. The number of methoxy groups -OCH3 is 2. The third-order valence-electron chi connectivity index (χ3n) is 7.85. The summed E-state index contributed by atoms with van der Waals surface area (Å²) in [4.78, 5) is 0. The monoisotopic (exact) mass is 406 g/mol. The minimum Gasteiger partial charge on any atom is -0.497 e. The molecule has 0 spiro atoms. The molecule has 2 nitrogen and oxygen atoms in total. The van der Waals surface area contributed by atoms with Crippen molar-refractivity contribution in [1.29, 1.82) is 0 Å². The molecule has 2 aromatic carbocycles. The summed E-state index contributed by atoms with van der Waals surface area (Å²) >= 11 is 0. The van der Waals surface area contributed by atoms with Crippen molar-refractivity contribution in [3.05, 3.63) is 59.7 Å². The van der Waals surface area contributed by atoms with E-state index >= 15 is 0 Å². The molecule has 2 aliphatic carbocycles. The van der Waals surface area contributed by atoms with Crippen molar-refractivity contribution in [2.75, 3.05) is 14.2 Å². The second-order valence-corrected chi connectivity index (χ2v) is 9.56. The van der Waals surface area contributed by atoms with Gasteiger partial charge in [0, 0.05) is 0 Å². The van der Waals surface area contributed by atoms with Gasteiger partial charge < -0.3 is 9.47 Å². The highest BCUT2D eigenvalue weighted by Gasteiger charge is 2.26. The Morgan fingerprint density at radius 1 is 0.533 bits per heavy atom. The predicted molar refractivity (Wildman–Crippen MR) is 125 cm³/mol. The summed E-state index contributed by atoms with van der Waals surface area (Å²) in [6.07, 6.45) is 14.0. The zero-order valence-corrected chi connectivity index (χ0v) is 18.8. The molecular formula is C28H38O2. The standard InChI is InChI=1S/C28H38O2/c1-29-27-17-13-25(14-18-27)23-9-5-21(6-10-23)3-4-22-7-11-24(12-8-22)26-15-19-28(30-2)20-16-26/h13-24H,3-12H2,1-2H3. The molecule has 0 aliphatic heterocycles. The smallest absolute Gasteiger partial charge is 0.118 e. The number of ether oxygens (including phenoxy) is 2. The minimum atomic E-state index is 0.757. The topological polar surface area (TPSA) is 18.5 Å². The Morgan fingerprint density at radius 3 is 1.17 bits per heavy atom. The largest absolute Gasteiger partial charge is 0.497 e. The van der Waals surface area contributed by atoms with Crippen LogP contribution in [0.25, 0.3) is 0 Å². The van der Waals surface area contributed by atoms with Crippen molar-refractivity contribution in [3.8, 4) is 11.5 Å². The predicted octanol–water partition coefficient (Wildman–Crippen LogP) is 7.73. The van der Waals surface area contributed by atoms with Crippen LogP contribution in [0.5, 0.6) is 11.5 Å². The van der Waals surface area contributed by atoms with E-state index in [1.54, 1.807) is 14.2 Å². The Kier molecular flexibility index (Phi) is 7.36. The summed E-state index contributed by atoms with van der Waals surface area (Å²) in [5.41, 5.74) is 3.01. The molecule has 0 aromatic heterocycles. The van der Waals surface area contributed by atoms with E-state index in [1.807, 2.05) is 0 Å². The molecule has 0 radical (unpaired) electrons. The fourth-order valence-electron chi connectivity index (χ4n) is 5.79. The Bertz CT molecular complexity index is 681. The lowest BCUT2D eigenvalue weighted by molar-refractivity contribution is 0.252. The number of rotatable bonds is 7. The van der Waals surface area contributed by atoms with Crippen LogP contribution < -0.4 is 9.47 Å². The van der Waals surface area contributed by atoms with Gasteiger partial charge in [0.25, 0.3) is 0 Å². The van der Waals surface area contributed by atoms with Crippen LogP contribution >= 0.6 is 0 Å². The van der Waals surface area contributed by atoms with Crippen LogP contribution in [-0.2, 0) is 0 Å². The van der Waals surface area contributed by atoms with Gasteiger partial charge in [-0.15, -0.1) is 0 Å². The molecule has 0 heterocycles. The van der Waals surface area contributed by atoms with Crippen LogP contribution in [-0.4, -0.2) is 14.2 Å². The normalized spacial score (nSPS) is 26.9. The highest BCUT2D eigenvalue weighted by molar-refractivity contribution is 5.30. The van der Waals surface area contributed by atoms with Gasteiger partial charge in [-0.3, -0.25) is 0 Å². The second kappa shape index (κ2) is 10.4. The molecule has 2 fully saturated rings. The second-order valence-electron chi connectivity index (χ2n) is 9.56. The quantitative estimate of drug-likeness (QED) is 0.468. The molecular weight excluding hydrogens is 368 g/mol. The maximum Gasteiger partial charge on any atom is 0.118 e. The van der Waals surface area contributed by atoms with Gasteiger partial charge in [0.05, 0.1) is 14.2 Å². The molecule has 0 bridgehead atoms. The number of hydrogen-bond donors (Lipinski definition) is 0. The van der Waals surface area contributed by atoms with E-state index in [0.29, 0.717) is 0 Å². The molecule has 30 heavy (non-hydrogen) atoms. The van der Waals surface area contributed by atoms with Crippen LogP contribution in [0.4, 0.5) is 0 Å². The minimum absolute atomic E-state index is 0.757. The summed E-state index contributed by atoms with van der Waals surface area (Å²) in [5.74, 6) is 5.36. The van der Waals surface area contributed by atoms with Gasteiger partial charge in [0.1, 0.15) is 11.5 Å². The molecule has 0 saturated heterocycles. The van der Waals surface area contributed by atoms with E-state index in [0.717, 1.165) is 35.2 Å². The number of benzene rings is 2. The molecule has 162 valence electrons. The highest BCUT2D eigenvalue weighted by Crippen LogP contribution is 2.41. The van der Waals surface area contributed by atoms with Crippen LogP contribution in [0.2, 0.25) is 0 Å². The van der Waals surface area contributed by atoms with Crippen LogP contribution in [0.1, 0.15) is 87.2 Å². The molecule has 0 unspecified atom stereocenters. The lowest BCUT2D eigenvalue weighted by Crippen LogP contribution is -2.17. The van der Waals surface area contributed by atoms with E-state index in [-0.39, 0.29) is 0 Å². The molecule has 2 aliphatic rings. The first kappa shape index (κ1) is 21.3. The molecule has 0 atom stereocenters. The van der Waals surface area contributed by atoms with Gasteiger partial charge in [-0.25, -0.2) is 0 Å². The zero-order valence-electron chi connectivity index (χ0n) is 18.8. The lowest BCUT2D eigenvalue weighted by Gasteiger charge is -2.32. The van der Waals surface area contributed by atoms with Crippen molar-refractivity contribution in [3.63, 3.8) is 0 Å². The fourth-order valence-corrected chi connectivity index (χ4v) is 5.79. The molecule has 0 amide bonds. The van der Waals surface area contributed by atoms with Crippen molar-refractivity contribution < 1.29 is 9.47 Å². The first-order valence-corrected chi connectivity index (χ1v) is 12.0. The zero-order chi connectivity index (χ0) is 20.8. The van der Waals surface area contributed by atoms with Gasteiger partial charge in [0.2, 0.25) is 0 Å². The Hall–Kier alpha value is -1.96. The van der Waals surface area contributed by atoms with Crippen molar-refractivity contribution in [2.24, 2.45) is 11.8 Å². The van der Waals surface area contributed by atoms with Crippen molar-refractivity contribution in [1.82, 2.24) is 0 Å². The van der Waals surface area contributed by atoms with Gasteiger partial charge >= 0.3 is 0 Å². The molecule has 2 saturated carbocycles. The highest BCUT2D eigenvalue weighted by atomic mass is 16.5. The molecule has 2 heteroatoms. The summed E-state index contributed by atoms with van der Waals surface area (Å²) < 4.78 is 10.6. The summed E-state index contributed by atoms with van der Waals surface area (Å²) in [5, 5.41) is 0. The lowest BCUT2D eigenvalue weighted by atomic mass is 9.73. The molecule has 2 aromatic rings. The Balaban J connectivity index is 1.16. The summed E-state index contributed by atoms with van der Waals surface area (Å²) in [7, 11) is 3.48. The van der Waals surface area contributed by atoms with Gasteiger partial charge in [0.15, 0.2) is 0 Å². The van der Waals surface area contributed by atoms with Crippen LogP contribution in [0, 0.1) is 11.8 Å². The first-order valence-electron chi connectivity index (χ1n) is 12.0. The first-order chi connectivity index (χ1) is 14.7. The SMILES string of the molecule is COc1ccc(C2CCC(CCC3CCC(c4ccc(OC)cc4)CC3)CC2)cc1. The molecule has 4 rings (SSSR count). The van der Waals surface area contributed by atoms with Crippen molar-refractivity contribution >= 4 is 0 Å². The fraction of sp³-hybridized carbons (Fsp3) is 0.571. The average molecular weight is 407 g/mol. The third-order valence-corrected chi connectivity index (χ3v) is 7.85. The molecule has 0 N–H and O–H groups in total. The van der Waals surface area contributed by atoms with Gasteiger partial charge in [-0.05, 0) is 110 Å². The van der Waals surface area contributed by atoms with Crippen LogP contribution in [0.15, 0.2) is 48.5 Å². The van der Waals surface area contributed by atoms with Gasteiger partial charge in [-0.2, -0.15) is 0 Å². The van der Waals surface area contributed by atoms with E-state index in [9.17, 15) is 0 Å². The average Bonchev–Trinajstić information content (AvgIpc) is 2.83. The van der Waals surface area contributed by atoms with E-state index in [4.69, 9.17) is 9.47 Å². The third kappa shape index (κ3) is 5.39. The number of hydrogen-bond acceptors (Lipinski definition) is 2. The maximum atomic E-state index is 5.30. The van der Waals surface area contributed by atoms with E-state index in [1.165, 1.54) is 75.3 Å². The van der Waals surface area contributed by atoms with Gasteiger partial charge in [-0.1, -0.05) is 37.1 Å². The van der Waals surface area contributed by atoms with E-state index < -0.39 is 0 Å². The van der Waals surface area contributed by atoms with Crippen LogP contribution in [0.3, 0.4) is 0 Å².